The van der Waals surface area contributed by atoms with Gasteiger partial charge in [0.1, 0.15) is 5.82 Å². The zero-order valence-corrected chi connectivity index (χ0v) is 12.2. The monoisotopic (exact) mass is 306 g/mol. The zero-order chi connectivity index (χ0) is 14.5. The number of amides is 1. The molecular weight excluding hydrogens is 295 g/mol. The summed E-state index contributed by atoms with van der Waals surface area (Å²) in [4.78, 5) is 15.8. The Bertz CT molecular complexity index is 669. The quantitative estimate of drug-likeness (QED) is 0.857. The summed E-state index contributed by atoms with van der Waals surface area (Å²) >= 11 is 11.7. The largest absolute Gasteiger partial charge is 0.307 e. The van der Waals surface area contributed by atoms with E-state index in [4.69, 9.17) is 23.2 Å². The maximum Gasteiger partial charge on any atom is 0.249 e. The molecule has 0 spiro atoms. The Morgan fingerprint density at radius 1 is 1.20 bits per heavy atom. The van der Waals surface area contributed by atoms with Gasteiger partial charge in [0.15, 0.2) is 0 Å². The molecule has 5 heteroatoms. The van der Waals surface area contributed by atoms with Crippen molar-refractivity contribution in [3.05, 3.63) is 63.8 Å². The molecule has 0 aliphatic rings. The first kappa shape index (κ1) is 14.6. The van der Waals surface area contributed by atoms with Gasteiger partial charge in [-0.2, -0.15) is 0 Å². The van der Waals surface area contributed by atoms with E-state index < -0.39 is 0 Å². The lowest BCUT2D eigenvalue weighted by Crippen LogP contribution is -2.09. The fraction of sp³-hybridized carbons (Fsp3) is 0.0667. The Kier molecular flexibility index (Phi) is 4.77. The standard InChI is InChI=1S/C15H12Cl2N2O/c1-10-6-7-18-14(8-10)19-15(20)5-3-11-2-4-12(16)13(17)9-11/h2-9H,1H3,(H,18,19,20). The number of nitrogens with one attached hydrogen (secondary N) is 1. The summed E-state index contributed by atoms with van der Waals surface area (Å²) in [7, 11) is 0. The molecule has 20 heavy (non-hydrogen) atoms. The number of anilines is 1. The van der Waals surface area contributed by atoms with E-state index in [9.17, 15) is 4.79 Å². The predicted octanol–water partition coefficient (Wildman–Crippen LogP) is 4.35. The number of nitrogens with zero attached hydrogens (tertiary/aromatic N) is 1. The SMILES string of the molecule is Cc1ccnc(NC(=O)C=Cc2ccc(Cl)c(Cl)c2)c1. The average molecular weight is 307 g/mol. The van der Waals surface area contributed by atoms with Crippen LogP contribution in [0.4, 0.5) is 5.82 Å². The van der Waals surface area contributed by atoms with E-state index in [-0.39, 0.29) is 5.91 Å². The van der Waals surface area contributed by atoms with E-state index in [1.165, 1.54) is 6.08 Å². The molecule has 1 amide bonds. The van der Waals surface area contributed by atoms with E-state index in [0.29, 0.717) is 15.9 Å². The van der Waals surface area contributed by atoms with Crippen LogP contribution in [-0.4, -0.2) is 10.9 Å². The van der Waals surface area contributed by atoms with Crippen LogP contribution in [-0.2, 0) is 4.79 Å². The first-order valence-electron chi connectivity index (χ1n) is 5.91. The van der Waals surface area contributed by atoms with E-state index in [1.54, 1.807) is 36.5 Å². The second-order valence-electron chi connectivity index (χ2n) is 4.21. The molecule has 0 fully saturated rings. The van der Waals surface area contributed by atoms with Crippen molar-refractivity contribution in [3.63, 3.8) is 0 Å². The van der Waals surface area contributed by atoms with Gasteiger partial charge in [-0.25, -0.2) is 4.98 Å². The molecular formula is C15H12Cl2N2O. The van der Waals surface area contributed by atoms with Gasteiger partial charge in [-0.05, 0) is 48.4 Å². The molecule has 1 aromatic heterocycles. The summed E-state index contributed by atoms with van der Waals surface area (Å²) in [6, 6.07) is 8.82. The van der Waals surface area contributed by atoms with Crippen molar-refractivity contribution in [2.75, 3.05) is 5.32 Å². The lowest BCUT2D eigenvalue weighted by molar-refractivity contribution is -0.111. The van der Waals surface area contributed by atoms with Gasteiger partial charge in [0.05, 0.1) is 10.0 Å². The summed E-state index contributed by atoms with van der Waals surface area (Å²) in [5.74, 6) is 0.267. The van der Waals surface area contributed by atoms with Crippen LogP contribution >= 0.6 is 23.2 Å². The van der Waals surface area contributed by atoms with Crippen LogP contribution in [0.2, 0.25) is 10.0 Å². The summed E-state index contributed by atoms with van der Waals surface area (Å²) in [6.07, 6.45) is 4.73. The fourth-order valence-corrected chi connectivity index (χ4v) is 1.87. The molecule has 0 saturated carbocycles. The first-order valence-corrected chi connectivity index (χ1v) is 6.67. The number of aromatic nitrogens is 1. The number of benzene rings is 1. The number of carbonyl (C=O) groups is 1. The molecule has 0 aliphatic heterocycles. The molecule has 1 N–H and O–H groups in total. The van der Waals surface area contributed by atoms with Crippen molar-refractivity contribution in [3.8, 4) is 0 Å². The van der Waals surface area contributed by atoms with Gasteiger partial charge >= 0.3 is 0 Å². The molecule has 1 heterocycles. The van der Waals surface area contributed by atoms with Gasteiger partial charge in [-0.3, -0.25) is 4.79 Å². The van der Waals surface area contributed by atoms with Crippen molar-refractivity contribution in [2.45, 2.75) is 6.92 Å². The molecule has 0 radical (unpaired) electrons. The number of hydrogen-bond donors (Lipinski definition) is 1. The van der Waals surface area contributed by atoms with Crippen LogP contribution in [0.5, 0.6) is 0 Å². The highest BCUT2D eigenvalue weighted by Gasteiger charge is 2.00. The third kappa shape index (κ3) is 4.08. The molecule has 0 saturated heterocycles. The summed E-state index contributed by atoms with van der Waals surface area (Å²) < 4.78 is 0. The van der Waals surface area contributed by atoms with Crippen molar-refractivity contribution in [2.24, 2.45) is 0 Å². The van der Waals surface area contributed by atoms with Crippen LogP contribution in [0.1, 0.15) is 11.1 Å². The number of rotatable bonds is 3. The summed E-state index contributed by atoms with van der Waals surface area (Å²) in [5, 5.41) is 3.62. The molecule has 0 atom stereocenters. The maximum absolute atomic E-state index is 11.8. The normalized spacial score (nSPS) is 10.8. The molecule has 2 rings (SSSR count). The number of hydrogen-bond acceptors (Lipinski definition) is 2. The number of halogens is 2. The van der Waals surface area contributed by atoms with Crippen molar-refractivity contribution >= 4 is 41.0 Å². The Labute approximate surface area is 127 Å². The lowest BCUT2D eigenvalue weighted by atomic mass is 10.2. The predicted molar refractivity (Wildman–Crippen MR) is 83.1 cm³/mol. The molecule has 1 aromatic carbocycles. The van der Waals surface area contributed by atoms with Crippen LogP contribution in [0, 0.1) is 6.92 Å². The van der Waals surface area contributed by atoms with Crippen LogP contribution in [0.15, 0.2) is 42.6 Å². The molecule has 2 aromatic rings. The Morgan fingerprint density at radius 2 is 2.00 bits per heavy atom. The minimum Gasteiger partial charge on any atom is -0.307 e. The number of aryl methyl sites for hydroxylation is 1. The van der Waals surface area contributed by atoms with E-state index in [0.717, 1.165) is 11.1 Å². The Morgan fingerprint density at radius 3 is 2.70 bits per heavy atom. The average Bonchev–Trinajstić information content (AvgIpc) is 2.40. The second-order valence-corrected chi connectivity index (χ2v) is 5.03. The van der Waals surface area contributed by atoms with Gasteiger partial charge < -0.3 is 5.32 Å². The second kappa shape index (κ2) is 6.55. The smallest absolute Gasteiger partial charge is 0.249 e. The highest BCUT2D eigenvalue weighted by atomic mass is 35.5. The van der Waals surface area contributed by atoms with E-state index in [1.807, 2.05) is 13.0 Å². The van der Waals surface area contributed by atoms with Crippen LogP contribution in [0.3, 0.4) is 0 Å². The highest BCUT2D eigenvalue weighted by Crippen LogP contribution is 2.23. The number of carbonyl (C=O) groups excluding carboxylic acids is 1. The van der Waals surface area contributed by atoms with Crippen molar-refractivity contribution < 1.29 is 4.79 Å². The molecule has 3 nitrogen and oxygen atoms in total. The summed E-state index contributed by atoms with van der Waals surface area (Å²) in [6.45, 7) is 1.93. The summed E-state index contributed by atoms with van der Waals surface area (Å²) in [5.41, 5.74) is 1.83. The van der Waals surface area contributed by atoms with Crippen LogP contribution < -0.4 is 5.32 Å². The minimum atomic E-state index is -0.255. The lowest BCUT2D eigenvalue weighted by Gasteiger charge is -2.02. The van der Waals surface area contributed by atoms with Gasteiger partial charge in [-0.1, -0.05) is 29.3 Å². The van der Waals surface area contributed by atoms with Crippen molar-refractivity contribution in [1.29, 1.82) is 0 Å². The topological polar surface area (TPSA) is 42.0 Å². The fourth-order valence-electron chi connectivity index (χ4n) is 1.56. The van der Waals surface area contributed by atoms with Gasteiger partial charge in [0.25, 0.3) is 0 Å². The van der Waals surface area contributed by atoms with E-state index in [2.05, 4.69) is 10.3 Å². The number of pyridine rings is 1. The molecule has 102 valence electrons. The van der Waals surface area contributed by atoms with Crippen LogP contribution in [0.25, 0.3) is 6.08 Å². The molecule has 0 aliphatic carbocycles. The zero-order valence-electron chi connectivity index (χ0n) is 10.7. The molecule has 0 unspecified atom stereocenters. The molecule has 0 bridgehead atoms. The van der Waals surface area contributed by atoms with Gasteiger partial charge in [0.2, 0.25) is 5.91 Å². The Hall–Kier alpha value is -1.84. The highest BCUT2D eigenvalue weighted by molar-refractivity contribution is 6.42. The third-order valence-electron chi connectivity index (χ3n) is 2.54. The first-order chi connectivity index (χ1) is 9.54. The van der Waals surface area contributed by atoms with Gasteiger partial charge in [0, 0.05) is 12.3 Å². The van der Waals surface area contributed by atoms with E-state index >= 15 is 0 Å². The maximum atomic E-state index is 11.8. The minimum absolute atomic E-state index is 0.255. The Balaban J connectivity index is 2.03. The third-order valence-corrected chi connectivity index (χ3v) is 3.28. The van der Waals surface area contributed by atoms with Gasteiger partial charge in [-0.15, -0.1) is 0 Å². The van der Waals surface area contributed by atoms with Crippen molar-refractivity contribution in [1.82, 2.24) is 4.98 Å².